The molecule has 2 aromatic rings. The van der Waals surface area contributed by atoms with Crippen LogP contribution in [-0.2, 0) is 9.59 Å². The number of imide groups is 1. The van der Waals surface area contributed by atoms with Crippen LogP contribution in [-0.4, -0.2) is 47.9 Å². The van der Waals surface area contributed by atoms with Gasteiger partial charge in [0.25, 0.3) is 11.8 Å². The second kappa shape index (κ2) is 9.42. The number of carbonyl (C=O) groups is 3. The zero-order valence-corrected chi connectivity index (χ0v) is 19.3. The van der Waals surface area contributed by atoms with E-state index in [1.54, 1.807) is 60.5 Å². The van der Waals surface area contributed by atoms with Gasteiger partial charge in [0.05, 0.1) is 25.8 Å². The molecule has 1 atom stereocenters. The van der Waals surface area contributed by atoms with E-state index in [1.165, 1.54) is 4.90 Å². The van der Waals surface area contributed by atoms with Crippen molar-refractivity contribution < 1.29 is 23.9 Å². The third-order valence-electron chi connectivity index (χ3n) is 5.91. The first-order chi connectivity index (χ1) is 15.2. The number of hydrogen-bond acceptors (Lipinski definition) is 5. The lowest BCUT2D eigenvalue weighted by molar-refractivity contribution is -0.123. The smallest absolute Gasteiger partial charge is 0.257 e. The van der Waals surface area contributed by atoms with E-state index in [1.807, 2.05) is 27.7 Å². The zero-order chi connectivity index (χ0) is 23.5. The summed E-state index contributed by atoms with van der Waals surface area (Å²) in [4.78, 5) is 42.6. The van der Waals surface area contributed by atoms with Gasteiger partial charge in [-0.05, 0) is 75.7 Å². The maximum Gasteiger partial charge on any atom is 0.257 e. The molecule has 1 aliphatic heterocycles. The maximum absolute atomic E-state index is 13.5. The lowest BCUT2D eigenvalue weighted by Crippen LogP contribution is -2.55. The summed E-state index contributed by atoms with van der Waals surface area (Å²) in [6.45, 7) is 8.19. The van der Waals surface area contributed by atoms with Crippen molar-refractivity contribution >= 4 is 23.4 Å². The molecule has 2 aromatic carbocycles. The van der Waals surface area contributed by atoms with Crippen LogP contribution < -0.4 is 14.4 Å². The van der Waals surface area contributed by atoms with Crippen molar-refractivity contribution in [3.63, 3.8) is 0 Å². The van der Waals surface area contributed by atoms with E-state index in [2.05, 4.69) is 0 Å². The molecular weight excluding hydrogens is 408 g/mol. The van der Waals surface area contributed by atoms with Crippen LogP contribution in [0, 0.1) is 0 Å². The van der Waals surface area contributed by atoms with Crippen LogP contribution in [0.25, 0.3) is 0 Å². The number of benzene rings is 2. The minimum Gasteiger partial charge on any atom is -0.497 e. The van der Waals surface area contributed by atoms with Crippen molar-refractivity contribution in [1.29, 1.82) is 0 Å². The molecule has 170 valence electrons. The third-order valence-corrected chi connectivity index (χ3v) is 5.91. The summed E-state index contributed by atoms with van der Waals surface area (Å²) in [5.74, 6) is 0.275. The van der Waals surface area contributed by atoms with Crippen molar-refractivity contribution in [3.8, 4) is 11.5 Å². The van der Waals surface area contributed by atoms with Gasteiger partial charge in [-0.15, -0.1) is 0 Å². The minimum atomic E-state index is -0.876. The van der Waals surface area contributed by atoms with E-state index in [0.717, 1.165) is 0 Å². The predicted octanol–water partition coefficient (Wildman–Crippen LogP) is 4.06. The van der Waals surface area contributed by atoms with E-state index >= 15 is 0 Å². The summed E-state index contributed by atoms with van der Waals surface area (Å²) >= 11 is 0. The Morgan fingerprint density at radius 1 is 1.03 bits per heavy atom. The first-order valence-electron chi connectivity index (χ1n) is 10.8. The molecule has 7 heteroatoms. The van der Waals surface area contributed by atoms with Gasteiger partial charge < -0.3 is 14.4 Å². The van der Waals surface area contributed by atoms with E-state index in [9.17, 15) is 14.4 Å². The summed E-state index contributed by atoms with van der Waals surface area (Å²) in [7, 11) is 1.56. The number of nitrogens with zero attached hydrogens (tertiary/aromatic N) is 2. The highest BCUT2D eigenvalue weighted by molar-refractivity contribution is 6.23. The molecule has 32 heavy (non-hydrogen) atoms. The highest BCUT2D eigenvalue weighted by Gasteiger charge is 2.48. The standard InChI is InChI=1S/C25H30N2O5/c1-6-25(3,4)27(23(29)17-8-12-19(31-5)13-9-17)21-16-22(28)26(24(21)30)18-10-14-20(15-11-18)32-7-2/h8-15,21H,6-7,16H2,1-5H3. The Kier molecular flexibility index (Phi) is 6.87. The van der Waals surface area contributed by atoms with Crippen molar-refractivity contribution in [1.82, 2.24) is 4.90 Å². The number of hydrogen-bond donors (Lipinski definition) is 0. The van der Waals surface area contributed by atoms with Crippen molar-refractivity contribution in [2.75, 3.05) is 18.6 Å². The van der Waals surface area contributed by atoms with Crippen LogP contribution in [0.15, 0.2) is 48.5 Å². The van der Waals surface area contributed by atoms with Gasteiger partial charge in [0.1, 0.15) is 17.5 Å². The topological polar surface area (TPSA) is 76.2 Å². The van der Waals surface area contributed by atoms with Crippen LogP contribution in [0.5, 0.6) is 11.5 Å². The monoisotopic (exact) mass is 438 g/mol. The third kappa shape index (κ3) is 4.47. The van der Waals surface area contributed by atoms with Crippen LogP contribution in [0.2, 0.25) is 0 Å². The van der Waals surface area contributed by atoms with Gasteiger partial charge in [-0.25, -0.2) is 4.90 Å². The fourth-order valence-electron chi connectivity index (χ4n) is 3.83. The Morgan fingerprint density at radius 3 is 2.16 bits per heavy atom. The van der Waals surface area contributed by atoms with Crippen molar-refractivity contribution in [2.24, 2.45) is 0 Å². The summed E-state index contributed by atoms with van der Waals surface area (Å²) in [5, 5.41) is 0. The van der Waals surface area contributed by atoms with Gasteiger partial charge in [-0.1, -0.05) is 6.92 Å². The van der Waals surface area contributed by atoms with Gasteiger partial charge in [0, 0.05) is 11.1 Å². The molecule has 0 N–H and O–H groups in total. The Bertz CT molecular complexity index is 982. The summed E-state index contributed by atoms with van der Waals surface area (Å²) in [6.07, 6.45) is 0.563. The van der Waals surface area contributed by atoms with Gasteiger partial charge in [-0.2, -0.15) is 0 Å². The number of carbonyl (C=O) groups excluding carboxylic acids is 3. The Hall–Kier alpha value is -3.35. The molecule has 7 nitrogen and oxygen atoms in total. The van der Waals surface area contributed by atoms with E-state index in [-0.39, 0.29) is 18.2 Å². The number of methoxy groups -OCH3 is 1. The second-order valence-corrected chi connectivity index (χ2v) is 8.28. The van der Waals surface area contributed by atoms with Crippen molar-refractivity contribution in [2.45, 2.75) is 52.1 Å². The minimum absolute atomic E-state index is 0.0582. The number of rotatable bonds is 8. The highest BCUT2D eigenvalue weighted by Crippen LogP contribution is 2.33. The Balaban J connectivity index is 1.94. The van der Waals surface area contributed by atoms with Crippen LogP contribution in [0.4, 0.5) is 5.69 Å². The largest absolute Gasteiger partial charge is 0.497 e. The highest BCUT2D eigenvalue weighted by atomic mass is 16.5. The number of anilines is 1. The molecule has 0 bridgehead atoms. The van der Waals surface area contributed by atoms with Crippen LogP contribution >= 0.6 is 0 Å². The molecule has 0 saturated carbocycles. The quantitative estimate of drug-likeness (QED) is 0.581. The second-order valence-electron chi connectivity index (χ2n) is 8.28. The molecule has 1 saturated heterocycles. The lowest BCUT2D eigenvalue weighted by atomic mass is 9.94. The number of amides is 3. The number of ether oxygens (including phenoxy) is 2. The molecule has 0 aromatic heterocycles. The average Bonchev–Trinajstić information content (AvgIpc) is 3.08. The fourth-order valence-corrected chi connectivity index (χ4v) is 3.83. The average molecular weight is 439 g/mol. The first kappa shape index (κ1) is 23.3. The molecule has 1 unspecified atom stereocenters. The molecule has 1 heterocycles. The molecule has 0 radical (unpaired) electrons. The molecule has 0 aliphatic carbocycles. The van der Waals surface area contributed by atoms with Gasteiger partial charge in [0.2, 0.25) is 5.91 Å². The van der Waals surface area contributed by atoms with Gasteiger partial charge in [0.15, 0.2) is 0 Å². The van der Waals surface area contributed by atoms with Crippen LogP contribution in [0.1, 0.15) is 50.9 Å². The molecule has 0 spiro atoms. The van der Waals surface area contributed by atoms with Gasteiger partial charge >= 0.3 is 0 Å². The van der Waals surface area contributed by atoms with Crippen LogP contribution in [0.3, 0.4) is 0 Å². The molecule has 3 rings (SSSR count). The predicted molar refractivity (Wildman–Crippen MR) is 122 cm³/mol. The summed E-state index contributed by atoms with van der Waals surface area (Å²) in [5.41, 5.74) is 0.274. The van der Waals surface area contributed by atoms with E-state index in [0.29, 0.717) is 35.8 Å². The normalized spacial score (nSPS) is 16.3. The Morgan fingerprint density at radius 2 is 1.62 bits per heavy atom. The van der Waals surface area contributed by atoms with E-state index < -0.39 is 17.5 Å². The van der Waals surface area contributed by atoms with E-state index in [4.69, 9.17) is 9.47 Å². The molecule has 1 aliphatic rings. The SMILES string of the molecule is CCOc1ccc(N2C(=O)CC(N(C(=O)c3ccc(OC)cc3)C(C)(C)CC)C2=O)cc1. The fraction of sp³-hybridized carbons (Fsp3) is 0.400. The first-order valence-corrected chi connectivity index (χ1v) is 10.8. The lowest BCUT2D eigenvalue weighted by Gasteiger charge is -2.41. The Labute approximate surface area is 188 Å². The summed E-state index contributed by atoms with van der Waals surface area (Å²) in [6, 6.07) is 12.7. The van der Waals surface area contributed by atoms with Gasteiger partial charge in [-0.3, -0.25) is 14.4 Å². The molecular formula is C25H30N2O5. The molecule has 3 amide bonds. The molecule has 1 fully saturated rings. The van der Waals surface area contributed by atoms with Crippen molar-refractivity contribution in [3.05, 3.63) is 54.1 Å². The summed E-state index contributed by atoms with van der Waals surface area (Å²) < 4.78 is 10.6. The zero-order valence-electron chi connectivity index (χ0n) is 19.3. The maximum atomic E-state index is 13.5.